The average Bonchev–Trinajstić information content (AvgIpc) is 3.27. The molecule has 178 valence electrons. The molecule has 3 aromatic carbocycles. The number of ether oxygens (including phenoxy) is 1. The molecule has 1 aromatic heterocycles. The van der Waals surface area contributed by atoms with E-state index in [0.29, 0.717) is 0 Å². The van der Waals surface area contributed by atoms with Gasteiger partial charge >= 0.3 is 12.1 Å². The summed E-state index contributed by atoms with van der Waals surface area (Å²) in [5.74, 6) is -1.41. The van der Waals surface area contributed by atoms with Gasteiger partial charge in [0.05, 0.1) is 5.56 Å². The molecule has 9 heteroatoms. The summed E-state index contributed by atoms with van der Waals surface area (Å²) in [5, 5.41) is 11.4. The first-order chi connectivity index (χ1) is 16.7. The summed E-state index contributed by atoms with van der Waals surface area (Å²) >= 11 is 0. The third-order valence-electron chi connectivity index (χ3n) is 6.21. The maximum Gasteiger partial charge on any atom is 0.416 e. The number of nitrogens with two attached hydrogens (primary N) is 1. The van der Waals surface area contributed by atoms with Gasteiger partial charge in [0, 0.05) is 12.0 Å². The normalized spacial score (nSPS) is 15.1. The van der Waals surface area contributed by atoms with E-state index in [0.717, 1.165) is 33.0 Å². The second-order valence-electron chi connectivity index (χ2n) is 8.31. The van der Waals surface area contributed by atoms with Crippen molar-refractivity contribution >= 4 is 22.4 Å². The molecule has 6 nitrogen and oxygen atoms in total. The number of carboxylic acids is 1. The Morgan fingerprint density at radius 2 is 1.80 bits per heavy atom. The Morgan fingerprint density at radius 3 is 2.54 bits per heavy atom. The standard InChI is InChI=1S/C26H19F3N2O4/c27-26(28,29)17-9-4-8-16(11-17)21-19(12-15-7-3-6-14-5-1-2-10-18(14)15)22(30)23(32)31-20(25(33)34)13-35-24(21)31/h1-11,20H,12-13,30H2,(H,33,34). The number of hydrogen-bond donors (Lipinski definition) is 2. The number of aliphatic carboxylic acids is 1. The summed E-state index contributed by atoms with van der Waals surface area (Å²) in [6.07, 6.45) is -4.47. The summed E-state index contributed by atoms with van der Waals surface area (Å²) in [6.45, 7) is -0.340. The fourth-order valence-electron chi connectivity index (χ4n) is 4.54. The molecule has 0 bridgehead atoms. The maximum atomic E-state index is 13.5. The monoisotopic (exact) mass is 480 g/mol. The molecular formula is C26H19F3N2O4. The van der Waals surface area contributed by atoms with Gasteiger partial charge in [-0.1, -0.05) is 54.6 Å². The number of hydrogen-bond acceptors (Lipinski definition) is 4. The summed E-state index contributed by atoms with van der Waals surface area (Å²) in [6, 6.07) is 16.5. The Morgan fingerprint density at radius 1 is 1.09 bits per heavy atom. The number of rotatable bonds is 4. The summed E-state index contributed by atoms with van der Waals surface area (Å²) in [7, 11) is 0. The Hall–Kier alpha value is -4.27. The minimum absolute atomic E-state index is 0.105. The Bertz CT molecular complexity index is 1540. The second-order valence-corrected chi connectivity index (χ2v) is 8.31. The molecule has 0 fully saturated rings. The summed E-state index contributed by atoms with van der Waals surface area (Å²) in [5.41, 5.74) is 5.78. The lowest BCUT2D eigenvalue weighted by atomic mass is 9.91. The number of nitrogens with zero attached hydrogens (tertiary/aromatic N) is 1. The zero-order chi connectivity index (χ0) is 24.9. The zero-order valence-corrected chi connectivity index (χ0v) is 18.2. The molecular weight excluding hydrogens is 461 g/mol. The van der Waals surface area contributed by atoms with Gasteiger partial charge in [0.1, 0.15) is 12.3 Å². The van der Waals surface area contributed by atoms with Crippen LogP contribution < -0.4 is 16.0 Å². The number of benzene rings is 3. The molecule has 0 amide bonds. The molecule has 0 saturated carbocycles. The van der Waals surface area contributed by atoms with Gasteiger partial charge in [0.15, 0.2) is 6.04 Å². The van der Waals surface area contributed by atoms with Crippen LogP contribution in [0, 0.1) is 0 Å². The number of fused-ring (bicyclic) bond motifs is 2. The fraction of sp³-hybridized carbons (Fsp3) is 0.154. The van der Waals surface area contributed by atoms with Crippen LogP contribution in [0.15, 0.2) is 71.5 Å². The van der Waals surface area contributed by atoms with E-state index in [2.05, 4.69) is 0 Å². The number of nitrogen functional groups attached to an aromatic ring is 1. The molecule has 1 unspecified atom stereocenters. The van der Waals surface area contributed by atoms with Crippen LogP contribution in [-0.2, 0) is 17.4 Å². The first kappa shape index (κ1) is 22.5. The van der Waals surface area contributed by atoms with E-state index in [1.807, 2.05) is 42.5 Å². The molecule has 1 aliphatic rings. The van der Waals surface area contributed by atoms with Gasteiger partial charge in [-0.15, -0.1) is 0 Å². The van der Waals surface area contributed by atoms with E-state index in [-0.39, 0.29) is 41.3 Å². The average molecular weight is 480 g/mol. The van der Waals surface area contributed by atoms with Crippen molar-refractivity contribution in [2.24, 2.45) is 0 Å². The van der Waals surface area contributed by atoms with E-state index < -0.39 is 29.3 Å². The van der Waals surface area contributed by atoms with Gasteiger partial charge in [0.25, 0.3) is 5.56 Å². The van der Waals surface area contributed by atoms with E-state index in [9.17, 15) is 27.9 Å². The molecule has 1 aliphatic heterocycles. The van der Waals surface area contributed by atoms with Crippen LogP contribution in [-0.4, -0.2) is 22.2 Å². The minimum Gasteiger partial charge on any atom is -0.480 e. The van der Waals surface area contributed by atoms with Crippen LogP contribution in [0.4, 0.5) is 18.9 Å². The van der Waals surface area contributed by atoms with Crippen molar-refractivity contribution in [3.63, 3.8) is 0 Å². The van der Waals surface area contributed by atoms with Crippen molar-refractivity contribution in [1.29, 1.82) is 0 Å². The lowest BCUT2D eigenvalue weighted by Crippen LogP contribution is -2.30. The number of anilines is 1. The SMILES string of the molecule is Nc1c(Cc2cccc3ccccc23)c(-c2cccc(C(F)(F)F)c2)c2n(c1=O)C(C(=O)O)CO2. The Kier molecular flexibility index (Phi) is 5.27. The van der Waals surface area contributed by atoms with Gasteiger partial charge in [-0.25, -0.2) is 4.79 Å². The van der Waals surface area contributed by atoms with Crippen LogP contribution in [0.2, 0.25) is 0 Å². The highest BCUT2D eigenvalue weighted by molar-refractivity contribution is 5.87. The summed E-state index contributed by atoms with van der Waals surface area (Å²) < 4.78 is 47.1. The van der Waals surface area contributed by atoms with Crippen LogP contribution >= 0.6 is 0 Å². The van der Waals surface area contributed by atoms with Crippen molar-refractivity contribution in [1.82, 2.24) is 4.57 Å². The molecule has 35 heavy (non-hydrogen) atoms. The molecule has 5 rings (SSSR count). The predicted molar refractivity (Wildman–Crippen MR) is 124 cm³/mol. The first-order valence-electron chi connectivity index (χ1n) is 10.7. The van der Waals surface area contributed by atoms with Crippen LogP contribution in [0.3, 0.4) is 0 Å². The second kappa shape index (κ2) is 8.19. The summed E-state index contributed by atoms with van der Waals surface area (Å²) in [4.78, 5) is 24.9. The Balaban J connectivity index is 1.80. The molecule has 0 aliphatic carbocycles. The van der Waals surface area contributed by atoms with Gasteiger partial charge in [-0.2, -0.15) is 13.2 Å². The molecule has 2 heterocycles. The molecule has 0 saturated heterocycles. The predicted octanol–water partition coefficient (Wildman–Crippen LogP) is 4.88. The number of halogens is 3. The van der Waals surface area contributed by atoms with Crippen LogP contribution in [0.25, 0.3) is 21.9 Å². The third-order valence-corrected chi connectivity index (χ3v) is 6.21. The van der Waals surface area contributed by atoms with Gasteiger partial charge in [-0.05, 0) is 39.6 Å². The van der Waals surface area contributed by atoms with E-state index in [1.165, 1.54) is 12.1 Å². The number of aromatic nitrogens is 1. The number of pyridine rings is 1. The van der Waals surface area contributed by atoms with Gasteiger partial charge < -0.3 is 15.6 Å². The smallest absolute Gasteiger partial charge is 0.416 e. The quantitative estimate of drug-likeness (QED) is 0.434. The largest absolute Gasteiger partial charge is 0.480 e. The first-order valence-corrected chi connectivity index (χ1v) is 10.7. The molecule has 0 radical (unpaired) electrons. The molecule has 0 spiro atoms. The minimum atomic E-state index is -4.60. The van der Waals surface area contributed by atoms with Crippen molar-refractivity contribution in [2.75, 3.05) is 12.3 Å². The van der Waals surface area contributed by atoms with Gasteiger partial charge in [-0.3, -0.25) is 9.36 Å². The number of carbonyl (C=O) groups is 1. The van der Waals surface area contributed by atoms with Crippen molar-refractivity contribution in [3.05, 3.63) is 93.8 Å². The lowest BCUT2D eigenvalue weighted by Gasteiger charge is -2.19. The highest BCUT2D eigenvalue weighted by Gasteiger charge is 2.37. The van der Waals surface area contributed by atoms with Crippen LogP contribution in [0.5, 0.6) is 5.88 Å². The van der Waals surface area contributed by atoms with Gasteiger partial charge in [0.2, 0.25) is 5.88 Å². The van der Waals surface area contributed by atoms with Crippen molar-refractivity contribution in [2.45, 2.75) is 18.6 Å². The molecule has 4 aromatic rings. The number of carboxylic acid groups (broad SMARTS) is 1. The van der Waals surface area contributed by atoms with Crippen molar-refractivity contribution in [3.8, 4) is 17.0 Å². The van der Waals surface area contributed by atoms with Crippen molar-refractivity contribution < 1.29 is 27.8 Å². The molecule has 3 N–H and O–H groups in total. The molecule has 1 atom stereocenters. The van der Waals surface area contributed by atoms with Crippen LogP contribution in [0.1, 0.15) is 22.7 Å². The fourth-order valence-corrected chi connectivity index (χ4v) is 4.54. The topological polar surface area (TPSA) is 94.6 Å². The number of alkyl halides is 3. The Labute approximate surface area is 197 Å². The third kappa shape index (κ3) is 3.78. The van der Waals surface area contributed by atoms with E-state index in [1.54, 1.807) is 0 Å². The highest BCUT2D eigenvalue weighted by Crippen LogP contribution is 2.42. The highest BCUT2D eigenvalue weighted by atomic mass is 19.4. The lowest BCUT2D eigenvalue weighted by molar-refractivity contribution is -0.141. The zero-order valence-electron chi connectivity index (χ0n) is 18.2. The maximum absolute atomic E-state index is 13.5. The van der Waals surface area contributed by atoms with E-state index >= 15 is 0 Å². The van der Waals surface area contributed by atoms with E-state index in [4.69, 9.17) is 10.5 Å².